The molecular formula is C31H30FN7O2. The first kappa shape index (κ1) is 27.6. The molecule has 1 saturated heterocycles. The number of halogens is 1. The van der Waals surface area contributed by atoms with Crippen LogP contribution in [0.15, 0.2) is 85.4 Å². The van der Waals surface area contributed by atoms with Crippen molar-refractivity contribution in [1.29, 1.82) is 5.26 Å². The van der Waals surface area contributed by atoms with Gasteiger partial charge >= 0.3 is 0 Å². The van der Waals surface area contributed by atoms with Gasteiger partial charge in [-0.05, 0) is 60.5 Å². The van der Waals surface area contributed by atoms with E-state index in [1.165, 1.54) is 18.2 Å². The van der Waals surface area contributed by atoms with Gasteiger partial charge in [-0.1, -0.05) is 25.6 Å². The Morgan fingerprint density at radius 1 is 1.22 bits per heavy atom. The van der Waals surface area contributed by atoms with E-state index in [2.05, 4.69) is 38.5 Å². The predicted octanol–water partition coefficient (Wildman–Crippen LogP) is 5.56. The summed E-state index contributed by atoms with van der Waals surface area (Å²) >= 11 is 0. The summed E-state index contributed by atoms with van der Waals surface area (Å²) in [4.78, 5) is 23.6. The number of nitrogens with zero attached hydrogens (tertiary/aromatic N) is 4. The summed E-state index contributed by atoms with van der Waals surface area (Å²) in [7, 11) is 0. The molecule has 41 heavy (non-hydrogen) atoms. The van der Waals surface area contributed by atoms with E-state index in [0.717, 1.165) is 24.5 Å². The molecule has 0 spiro atoms. The Hall–Kier alpha value is -5.01. The highest BCUT2D eigenvalue weighted by atomic mass is 19.1. The molecule has 9 nitrogen and oxygen atoms in total. The molecule has 0 bridgehead atoms. The molecule has 0 saturated carbocycles. The van der Waals surface area contributed by atoms with Crippen LogP contribution < -0.4 is 20.9 Å². The molecule has 5 rings (SSSR count). The van der Waals surface area contributed by atoms with Crippen LogP contribution in [0, 0.1) is 17.2 Å². The number of hydrogen-bond donors (Lipinski definition) is 3. The van der Waals surface area contributed by atoms with Crippen LogP contribution in [0.5, 0.6) is 0 Å². The van der Waals surface area contributed by atoms with Gasteiger partial charge < -0.3 is 25.6 Å². The quantitative estimate of drug-likeness (QED) is 0.312. The van der Waals surface area contributed by atoms with Crippen LogP contribution in [0.1, 0.15) is 12.5 Å². The minimum atomic E-state index is -0.382. The molecule has 1 aliphatic carbocycles. The molecule has 10 heteroatoms. The summed E-state index contributed by atoms with van der Waals surface area (Å²) in [6.07, 6.45) is 7.52. The Morgan fingerprint density at radius 3 is 2.83 bits per heavy atom. The summed E-state index contributed by atoms with van der Waals surface area (Å²) < 4.78 is 19.6. The second-order valence-electron chi connectivity index (χ2n) is 9.74. The third kappa shape index (κ3) is 6.59. The monoisotopic (exact) mass is 551 g/mol. The molecule has 1 aliphatic heterocycles. The van der Waals surface area contributed by atoms with Gasteiger partial charge in [0.1, 0.15) is 11.5 Å². The fourth-order valence-electron chi connectivity index (χ4n) is 4.69. The molecule has 3 N–H and O–H groups in total. The van der Waals surface area contributed by atoms with Gasteiger partial charge in [0, 0.05) is 35.7 Å². The molecule has 2 aliphatic rings. The molecule has 1 fully saturated rings. The van der Waals surface area contributed by atoms with Crippen LogP contribution in [0.4, 0.5) is 33.1 Å². The standard InChI is InChI=1S/C31H30FN7O2/c1-3-29(40)35-24-10-8-21(18-33)26(17-24)30-28(37-27-15-22(32)9-7-20(27)2)19-34-31(38-30)36-23-5-4-6-25(16-23)39-11-13-41-14-12-39/h3-10,15-17,19-20,27,37H,1,11-14H2,2H3,(H,35,40)(H,34,36,38). The van der Waals surface area contributed by atoms with Crippen molar-refractivity contribution >= 4 is 34.6 Å². The highest BCUT2D eigenvalue weighted by molar-refractivity contribution is 5.99. The molecule has 2 atom stereocenters. The lowest BCUT2D eigenvalue weighted by Gasteiger charge is -2.29. The normalized spacial score (nSPS) is 18.2. The van der Waals surface area contributed by atoms with Gasteiger partial charge in [0.2, 0.25) is 11.9 Å². The fraction of sp³-hybridized carbons (Fsp3) is 0.226. The highest BCUT2D eigenvalue weighted by Gasteiger charge is 2.22. The van der Waals surface area contributed by atoms with Crippen LogP contribution in [-0.2, 0) is 9.53 Å². The first-order valence-electron chi connectivity index (χ1n) is 13.3. The predicted molar refractivity (Wildman–Crippen MR) is 159 cm³/mol. The maximum absolute atomic E-state index is 14.1. The molecule has 0 radical (unpaired) electrons. The van der Waals surface area contributed by atoms with E-state index < -0.39 is 0 Å². The largest absolute Gasteiger partial charge is 0.378 e. The summed E-state index contributed by atoms with van der Waals surface area (Å²) in [6, 6.07) is 14.7. The zero-order valence-corrected chi connectivity index (χ0v) is 22.6. The average Bonchev–Trinajstić information content (AvgIpc) is 3.00. The number of rotatable bonds is 8. The number of hydrogen-bond acceptors (Lipinski definition) is 8. The third-order valence-corrected chi connectivity index (χ3v) is 6.90. The van der Waals surface area contributed by atoms with E-state index in [0.29, 0.717) is 47.4 Å². The van der Waals surface area contributed by atoms with Crippen molar-refractivity contribution in [3.63, 3.8) is 0 Å². The lowest BCUT2D eigenvalue weighted by Crippen LogP contribution is -2.36. The summed E-state index contributed by atoms with van der Waals surface area (Å²) in [5, 5.41) is 19.3. The Kier molecular flexibility index (Phi) is 8.36. The highest BCUT2D eigenvalue weighted by Crippen LogP contribution is 2.34. The number of carbonyl (C=O) groups excluding carboxylic acids is 1. The van der Waals surface area contributed by atoms with Gasteiger partial charge in [0.05, 0.1) is 42.8 Å². The minimum absolute atomic E-state index is 0.00303. The van der Waals surface area contributed by atoms with Crippen molar-refractivity contribution in [3.05, 3.63) is 90.9 Å². The van der Waals surface area contributed by atoms with Crippen molar-refractivity contribution in [2.24, 2.45) is 5.92 Å². The number of carbonyl (C=O) groups is 1. The average molecular weight is 552 g/mol. The van der Waals surface area contributed by atoms with Crippen molar-refractivity contribution in [1.82, 2.24) is 9.97 Å². The number of ether oxygens (including phenoxy) is 1. The number of anilines is 5. The summed E-state index contributed by atoms with van der Waals surface area (Å²) in [5.41, 5.74) is 4.09. The maximum Gasteiger partial charge on any atom is 0.247 e. The van der Waals surface area contributed by atoms with E-state index >= 15 is 0 Å². The second kappa shape index (κ2) is 12.4. The molecule has 3 aromatic rings. The molecule has 1 aromatic heterocycles. The molecule has 208 valence electrons. The van der Waals surface area contributed by atoms with Gasteiger partial charge in [0.15, 0.2) is 0 Å². The van der Waals surface area contributed by atoms with E-state index in [4.69, 9.17) is 9.72 Å². The number of amides is 1. The van der Waals surface area contributed by atoms with Crippen molar-refractivity contribution < 1.29 is 13.9 Å². The Morgan fingerprint density at radius 2 is 2.05 bits per heavy atom. The van der Waals surface area contributed by atoms with Crippen molar-refractivity contribution in [3.8, 4) is 17.3 Å². The van der Waals surface area contributed by atoms with Gasteiger partial charge in [-0.2, -0.15) is 5.26 Å². The van der Waals surface area contributed by atoms with Crippen LogP contribution in [0.2, 0.25) is 0 Å². The number of nitriles is 1. The summed E-state index contributed by atoms with van der Waals surface area (Å²) in [5.74, 6) is -0.412. The Balaban J connectivity index is 1.53. The van der Waals surface area contributed by atoms with Gasteiger partial charge in [-0.3, -0.25) is 4.79 Å². The molecular weight excluding hydrogens is 521 g/mol. The van der Waals surface area contributed by atoms with Crippen LogP contribution >= 0.6 is 0 Å². The SMILES string of the molecule is C=CC(=O)Nc1ccc(C#N)c(-c2nc(Nc3cccc(N4CCOCC4)c3)ncc2NC2C=C(F)C=CC2C)c1. The van der Waals surface area contributed by atoms with Crippen LogP contribution in [0.3, 0.4) is 0 Å². The van der Waals surface area contributed by atoms with E-state index in [9.17, 15) is 14.4 Å². The van der Waals surface area contributed by atoms with Gasteiger partial charge in [0.25, 0.3) is 0 Å². The molecule has 1 amide bonds. The van der Waals surface area contributed by atoms with Gasteiger partial charge in [-0.25, -0.2) is 14.4 Å². The number of nitrogens with one attached hydrogen (secondary N) is 3. The van der Waals surface area contributed by atoms with Gasteiger partial charge in [-0.15, -0.1) is 0 Å². The lowest BCUT2D eigenvalue weighted by atomic mass is 9.96. The number of aromatic nitrogens is 2. The minimum Gasteiger partial charge on any atom is -0.378 e. The van der Waals surface area contributed by atoms with E-state index in [-0.39, 0.29) is 23.7 Å². The molecule has 2 heterocycles. The zero-order valence-electron chi connectivity index (χ0n) is 22.6. The first-order valence-corrected chi connectivity index (χ1v) is 13.3. The van der Waals surface area contributed by atoms with Crippen molar-refractivity contribution in [2.75, 3.05) is 47.2 Å². The number of morpholine rings is 1. The molecule has 2 unspecified atom stereocenters. The Labute approximate surface area is 238 Å². The number of allylic oxidation sites excluding steroid dienone is 2. The van der Waals surface area contributed by atoms with E-state index in [1.54, 1.807) is 30.5 Å². The molecule has 2 aromatic carbocycles. The smallest absolute Gasteiger partial charge is 0.247 e. The topological polar surface area (TPSA) is 115 Å². The Bertz CT molecular complexity index is 1560. The number of benzene rings is 2. The maximum atomic E-state index is 14.1. The zero-order chi connectivity index (χ0) is 28.8. The second-order valence-corrected chi connectivity index (χ2v) is 9.74. The van der Waals surface area contributed by atoms with Crippen LogP contribution in [0.25, 0.3) is 11.3 Å². The lowest BCUT2D eigenvalue weighted by molar-refractivity contribution is -0.111. The van der Waals surface area contributed by atoms with E-state index in [1.807, 2.05) is 31.2 Å². The third-order valence-electron chi connectivity index (χ3n) is 6.90. The fourth-order valence-corrected chi connectivity index (χ4v) is 4.69. The first-order chi connectivity index (χ1) is 19.9. The van der Waals surface area contributed by atoms with Crippen LogP contribution in [-0.4, -0.2) is 48.2 Å². The summed E-state index contributed by atoms with van der Waals surface area (Å²) in [6.45, 7) is 8.45. The van der Waals surface area contributed by atoms with Crippen molar-refractivity contribution in [2.45, 2.75) is 13.0 Å².